The third-order valence-electron chi connectivity index (χ3n) is 3.57. The van der Waals surface area contributed by atoms with Crippen molar-refractivity contribution in [2.75, 3.05) is 13.2 Å². The van der Waals surface area contributed by atoms with E-state index in [2.05, 4.69) is 4.98 Å². The standard InChI is InChI=1S/C14H16FN3O2/c15-4-9(5-16)8-20-12-3-10-7-18(11-1-2-11)14(19)13(10)17-6-12/h3-4,6,11H,1-2,5,7-8,16H2/b9-4+. The number of carbonyl (C=O) groups excluding carboxylic acids is 1. The minimum Gasteiger partial charge on any atom is -0.487 e. The molecule has 0 spiro atoms. The average molecular weight is 277 g/mol. The van der Waals surface area contributed by atoms with E-state index in [0.717, 1.165) is 18.4 Å². The SMILES string of the molecule is NC/C(=C\F)COc1cnc2c(c1)CN(C1CC1)C2=O. The normalized spacial score (nSPS) is 18.4. The Labute approximate surface area is 116 Å². The molecule has 0 unspecified atom stereocenters. The maximum Gasteiger partial charge on any atom is 0.273 e. The van der Waals surface area contributed by atoms with Gasteiger partial charge in [0.25, 0.3) is 5.91 Å². The molecule has 1 amide bonds. The van der Waals surface area contributed by atoms with Gasteiger partial charge in [-0.05, 0) is 18.9 Å². The van der Waals surface area contributed by atoms with E-state index < -0.39 is 0 Å². The summed E-state index contributed by atoms with van der Waals surface area (Å²) in [6.07, 6.45) is 4.10. The Morgan fingerprint density at radius 2 is 2.40 bits per heavy atom. The van der Waals surface area contributed by atoms with E-state index in [0.29, 0.717) is 35.9 Å². The van der Waals surface area contributed by atoms with Gasteiger partial charge in [-0.3, -0.25) is 4.79 Å². The first-order valence-corrected chi connectivity index (χ1v) is 6.64. The van der Waals surface area contributed by atoms with Gasteiger partial charge in [0.2, 0.25) is 0 Å². The molecule has 1 aromatic heterocycles. The molecule has 0 bridgehead atoms. The molecular weight excluding hydrogens is 261 g/mol. The molecule has 5 nitrogen and oxygen atoms in total. The molecule has 106 valence electrons. The van der Waals surface area contributed by atoms with Crippen molar-refractivity contribution in [2.45, 2.75) is 25.4 Å². The number of hydrogen-bond donors (Lipinski definition) is 1. The lowest BCUT2D eigenvalue weighted by Gasteiger charge is -2.12. The van der Waals surface area contributed by atoms with Crippen LogP contribution in [0.25, 0.3) is 0 Å². The quantitative estimate of drug-likeness (QED) is 0.883. The number of hydrogen-bond acceptors (Lipinski definition) is 4. The predicted octanol–water partition coefficient (Wildman–Crippen LogP) is 1.39. The second-order valence-corrected chi connectivity index (χ2v) is 5.10. The number of carbonyl (C=O) groups is 1. The Balaban J connectivity index is 1.71. The number of pyridine rings is 1. The van der Waals surface area contributed by atoms with E-state index in [1.165, 1.54) is 6.20 Å². The van der Waals surface area contributed by atoms with Crippen molar-refractivity contribution in [3.8, 4) is 5.75 Å². The zero-order valence-corrected chi connectivity index (χ0v) is 11.0. The largest absolute Gasteiger partial charge is 0.487 e. The first kappa shape index (κ1) is 13.1. The van der Waals surface area contributed by atoms with Gasteiger partial charge in [-0.15, -0.1) is 0 Å². The summed E-state index contributed by atoms with van der Waals surface area (Å²) < 4.78 is 17.8. The maximum absolute atomic E-state index is 12.4. The molecule has 20 heavy (non-hydrogen) atoms. The van der Waals surface area contributed by atoms with Crippen molar-refractivity contribution in [3.63, 3.8) is 0 Å². The monoisotopic (exact) mass is 277 g/mol. The molecule has 0 atom stereocenters. The van der Waals surface area contributed by atoms with Gasteiger partial charge in [0, 0.05) is 30.3 Å². The summed E-state index contributed by atoms with van der Waals surface area (Å²) >= 11 is 0. The molecule has 1 aliphatic heterocycles. The Bertz CT molecular complexity index is 570. The number of halogens is 1. The highest BCUT2D eigenvalue weighted by molar-refractivity contribution is 5.96. The van der Waals surface area contributed by atoms with Crippen molar-refractivity contribution < 1.29 is 13.9 Å². The van der Waals surface area contributed by atoms with Gasteiger partial charge >= 0.3 is 0 Å². The van der Waals surface area contributed by atoms with Gasteiger partial charge in [0.15, 0.2) is 0 Å². The summed E-state index contributed by atoms with van der Waals surface area (Å²) in [4.78, 5) is 18.1. The van der Waals surface area contributed by atoms with Crippen LogP contribution in [0.5, 0.6) is 5.75 Å². The highest BCUT2D eigenvalue weighted by atomic mass is 19.1. The second-order valence-electron chi connectivity index (χ2n) is 5.10. The third-order valence-corrected chi connectivity index (χ3v) is 3.57. The van der Waals surface area contributed by atoms with E-state index in [-0.39, 0.29) is 19.1 Å². The van der Waals surface area contributed by atoms with Crippen LogP contribution >= 0.6 is 0 Å². The predicted molar refractivity (Wildman–Crippen MR) is 70.9 cm³/mol. The van der Waals surface area contributed by atoms with Crippen LogP contribution in [0.4, 0.5) is 4.39 Å². The topological polar surface area (TPSA) is 68.5 Å². The van der Waals surface area contributed by atoms with Crippen LogP contribution in [0.1, 0.15) is 28.9 Å². The molecule has 2 N–H and O–H groups in total. The fraction of sp³-hybridized carbons (Fsp3) is 0.429. The molecule has 3 rings (SSSR count). The van der Waals surface area contributed by atoms with E-state index in [4.69, 9.17) is 10.5 Å². The number of nitrogens with zero attached hydrogens (tertiary/aromatic N) is 2. The van der Waals surface area contributed by atoms with E-state index in [9.17, 15) is 9.18 Å². The highest BCUT2D eigenvalue weighted by Gasteiger charge is 2.39. The lowest BCUT2D eigenvalue weighted by atomic mass is 10.2. The molecule has 0 radical (unpaired) electrons. The van der Waals surface area contributed by atoms with Crippen LogP contribution in [-0.2, 0) is 6.54 Å². The molecular formula is C14H16FN3O2. The number of amides is 1. The summed E-state index contributed by atoms with van der Waals surface area (Å²) in [5.74, 6) is 0.530. The fourth-order valence-corrected chi connectivity index (χ4v) is 2.26. The average Bonchev–Trinajstić information content (AvgIpc) is 3.25. The maximum atomic E-state index is 12.4. The molecule has 1 aliphatic carbocycles. The van der Waals surface area contributed by atoms with Gasteiger partial charge in [-0.1, -0.05) is 0 Å². The Kier molecular flexibility index (Phi) is 3.40. The van der Waals surface area contributed by atoms with Crippen molar-refractivity contribution in [1.29, 1.82) is 0 Å². The van der Waals surface area contributed by atoms with Crippen LogP contribution < -0.4 is 10.5 Å². The smallest absolute Gasteiger partial charge is 0.273 e. The Hall–Kier alpha value is -1.95. The third kappa shape index (κ3) is 2.38. The number of ether oxygens (including phenoxy) is 1. The Morgan fingerprint density at radius 3 is 3.05 bits per heavy atom. The number of rotatable bonds is 5. The van der Waals surface area contributed by atoms with Gasteiger partial charge in [0.1, 0.15) is 18.1 Å². The minimum atomic E-state index is 0.000325. The Morgan fingerprint density at radius 1 is 1.60 bits per heavy atom. The first-order valence-electron chi connectivity index (χ1n) is 6.64. The zero-order chi connectivity index (χ0) is 14.1. The molecule has 0 aromatic carbocycles. The molecule has 0 saturated heterocycles. The fourth-order valence-electron chi connectivity index (χ4n) is 2.26. The van der Waals surface area contributed by atoms with Gasteiger partial charge in [-0.25, -0.2) is 9.37 Å². The van der Waals surface area contributed by atoms with Crippen molar-refractivity contribution in [1.82, 2.24) is 9.88 Å². The second kappa shape index (κ2) is 5.20. The summed E-state index contributed by atoms with van der Waals surface area (Å²) in [5, 5.41) is 0. The van der Waals surface area contributed by atoms with E-state index in [1.807, 2.05) is 4.90 Å². The van der Waals surface area contributed by atoms with Crippen LogP contribution in [-0.4, -0.2) is 35.0 Å². The summed E-state index contributed by atoms with van der Waals surface area (Å²) in [7, 11) is 0. The molecule has 1 fully saturated rings. The van der Waals surface area contributed by atoms with Crippen LogP contribution in [0.3, 0.4) is 0 Å². The van der Waals surface area contributed by atoms with Crippen LogP contribution in [0, 0.1) is 0 Å². The molecule has 6 heteroatoms. The van der Waals surface area contributed by atoms with Crippen LogP contribution in [0.15, 0.2) is 24.2 Å². The first-order chi connectivity index (χ1) is 9.72. The molecule has 1 aromatic rings. The lowest BCUT2D eigenvalue weighted by Crippen LogP contribution is -2.26. The summed E-state index contributed by atoms with van der Waals surface area (Å²) in [5.41, 5.74) is 7.11. The van der Waals surface area contributed by atoms with Crippen LogP contribution in [0.2, 0.25) is 0 Å². The molecule has 2 aliphatic rings. The van der Waals surface area contributed by atoms with Crippen molar-refractivity contribution >= 4 is 5.91 Å². The summed E-state index contributed by atoms with van der Waals surface area (Å²) in [6.45, 7) is 0.794. The number of aromatic nitrogens is 1. The van der Waals surface area contributed by atoms with Gasteiger partial charge in [-0.2, -0.15) is 0 Å². The number of nitrogens with two attached hydrogens (primary N) is 1. The zero-order valence-electron chi connectivity index (χ0n) is 11.0. The van der Waals surface area contributed by atoms with E-state index in [1.54, 1.807) is 6.07 Å². The molecule has 2 heterocycles. The van der Waals surface area contributed by atoms with Crippen molar-refractivity contribution in [2.24, 2.45) is 5.73 Å². The summed E-state index contributed by atoms with van der Waals surface area (Å²) in [6, 6.07) is 2.18. The lowest BCUT2D eigenvalue weighted by molar-refractivity contribution is 0.0762. The van der Waals surface area contributed by atoms with Crippen molar-refractivity contribution in [3.05, 3.63) is 35.4 Å². The molecule has 1 saturated carbocycles. The van der Waals surface area contributed by atoms with Gasteiger partial charge < -0.3 is 15.4 Å². The number of fused-ring (bicyclic) bond motifs is 1. The van der Waals surface area contributed by atoms with Gasteiger partial charge in [0.05, 0.1) is 12.5 Å². The van der Waals surface area contributed by atoms with E-state index >= 15 is 0 Å². The minimum absolute atomic E-state index is 0.000325. The highest BCUT2D eigenvalue weighted by Crippen LogP contribution is 2.34.